The Morgan fingerprint density at radius 2 is 2.43 bits per heavy atom. The van der Waals surface area contributed by atoms with Gasteiger partial charge in [0, 0.05) is 26.5 Å². The molecule has 1 spiro atoms. The van der Waals surface area contributed by atoms with E-state index in [9.17, 15) is 4.79 Å². The van der Waals surface area contributed by atoms with E-state index in [4.69, 9.17) is 10.1 Å². The SMILES string of the molecule is CC1CC2(CCO1)C(=N)NC(=O)N2C. The number of carbonyl (C=O) groups is 1. The standard InChI is InChI=1S/C9H15N3O2/c1-6-5-9(3-4-14-6)7(10)11-8(13)12(9)2/h6H,3-5H2,1-2H3,(H2,10,11,13). The molecule has 2 saturated heterocycles. The van der Waals surface area contributed by atoms with Crippen molar-refractivity contribution in [1.29, 1.82) is 5.41 Å². The third-order valence-electron chi connectivity index (χ3n) is 3.19. The van der Waals surface area contributed by atoms with Gasteiger partial charge in [0.05, 0.1) is 6.10 Å². The average molecular weight is 197 g/mol. The first-order chi connectivity index (χ1) is 6.56. The molecule has 0 aromatic carbocycles. The zero-order chi connectivity index (χ0) is 10.3. The highest BCUT2D eigenvalue weighted by Crippen LogP contribution is 2.33. The summed E-state index contributed by atoms with van der Waals surface area (Å²) in [5.41, 5.74) is -0.436. The first kappa shape index (κ1) is 9.45. The van der Waals surface area contributed by atoms with Crippen LogP contribution in [0.15, 0.2) is 0 Å². The summed E-state index contributed by atoms with van der Waals surface area (Å²) in [5.74, 6) is 0.320. The van der Waals surface area contributed by atoms with Crippen molar-refractivity contribution in [2.75, 3.05) is 13.7 Å². The number of likely N-dealkylation sites (N-methyl/N-ethyl adjacent to an activating group) is 1. The summed E-state index contributed by atoms with van der Waals surface area (Å²) in [6, 6.07) is -0.177. The van der Waals surface area contributed by atoms with Crippen molar-refractivity contribution in [3.63, 3.8) is 0 Å². The van der Waals surface area contributed by atoms with Gasteiger partial charge in [-0.05, 0) is 6.92 Å². The van der Waals surface area contributed by atoms with Gasteiger partial charge in [-0.2, -0.15) is 0 Å². The highest BCUT2D eigenvalue weighted by atomic mass is 16.5. The van der Waals surface area contributed by atoms with Crippen LogP contribution in [0.3, 0.4) is 0 Å². The fourth-order valence-corrected chi connectivity index (χ4v) is 2.27. The molecule has 2 fully saturated rings. The molecule has 0 aromatic heterocycles. The van der Waals surface area contributed by atoms with Crippen LogP contribution in [0.4, 0.5) is 4.79 Å². The molecule has 2 aliphatic rings. The largest absolute Gasteiger partial charge is 0.378 e. The van der Waals surface area contributed by atoms with E-state index in [2.05, 4.69) is 5.32 Å². The maximum Gasteiger partial charge on any atom is 0.323 e. The fraction of sp³-hybridized carbons (Fsp3) is 0.778. The smallest absolute Gasteiger partial charge is 0.323 e. The summed E-state index contributed by atoms with van der Waals surface area (Å²) in [6.45, 7) is 2.59. The Balaban J connectivity index is 2.29. The second kappa shape index (κ2) is 2.95. The number of hydrogen-bond acceptors (Lipinski definition) is 3. The van der Waals surface area contributed by atoms with Gasteiger partial charge in [-0.15, -0.1) is 0 Å². The summed E-state index contributed by atoms with van der Waals surface area (Å²) in [5, 5.41) is 10.4. The van der Waals surface area contributed by atoms with Gasteiger partial charge in [0.25, 0.3) is 0 Å². The molecule has 2 heterocycles. The Kier molecular flexibility index (Phi) is 1.99. The number of ether oxygens (including phenoxy) is 1. The molecule has 2 rings (SSSR count). The zero-order valence-electron chi connectivity index (χ0n) is 8.46. The van der Waals surface area contributed by atoms with Crippen molar-refractivity contribution in [3.8, 4) is 0 Å². The summed E-state index contributed by atoms with van der Waals surface area (Å²) in [7, 11) is 1.74. The van der Waals surface area contributed by atoms with Gasteiger partial charge >= 0.3 is 6.03 Å². The molecular formula is C9H15N3O2. The van der Waals surface area contributed by atoms with Crippen molar-refractivity contribution < 1.29 is 9.53 Å². The molecule has 5 nitrogen and oxygen atoms in total. The van der Waals surface area contributed by atoms with E-state index < -0.39 is 5.54 Å². The van der Waals surface area contributed by atoms with E-state index in [-0.39, 0.29) is 12.1 Å². The second-order valence-electron chi connectivity index (χ2n) is 4.03. The average Bonchev–Trinajstić information content (AvgIpc) is 2.32. The van der Waals surface area contributed by atoms with Crippen LogP contribution >= 0.6 is 0 Å². The van der Waals surface area contributed by atoms with E-state index >= 15 is 0 Å². The first-order valence-electron chi connectivity index (χ1n) is 4.82. The van der Waals surface area contributed by atoms with Gasteiger partial charge < -0.3 is 9.64 Å². The molecule has 14 heavy (non-hydrogen) atoms. The maximum atomic E-state index is 11.4. The molecule has 5 heteroatoms. The van der Waals surface area contributed by atoms with E-state index in [0.717, 1.165) is 0 Å². The van der Waals surface area contributed by atoms with Crippen LogP contribution < -0.4 is 5.32 Å². The number of amidine groups is 1. The Bertz CT molecular complexity index is 292. The topological polar surface area (TPSA) is 65.4 Å². The van der Waals surface area contributed by atoms with Gasteiger partial charge in [0.2, 0.25) is 0 Å². The van der Waals surface area contributed by atoms with Crippen molar-refractivity contribution in [1.82, 2.24) is 10.2 Å². The van der Waals surface area contributed by atoms with Crippen molar-refractivity contribution in [3.05, 3.63) is 0 Å². The Morgan fingerprint density at radius 1 is 1.71 bits per heavy atom. The lowest BCUT2D eigenvalue weighted by atomic mass is 9.85. The number of amides is 2. The normalized spacial score (nSPS) is 37.9. The molecule has 0 aliphatic carbocycles. The van der Waals surface area contributed by atoms with E-state index in [1.54, 1.807) is 11.9 Å². The highest BCUT2D eigenvalue weighted by molar-refractivity contribution is 6.08. The summed E-state index contributed by atoms with van der Waals surface area (Å²) in [6.07, 6.45) is 1.53. The monoisotopic (exact) mass is 197 g/mol. The second-order valence-corrected chi connectivity index (χ2v) is 4.03. The predicted molar refractivity (Wildman–Crippen MR) is 51.4 cm³/mol. The molecule has 2 N–H and O–H groups in total. The van der Waals surface area contributed by atoms with Gasteiger partial charge in [0.1, 0.15) is 11.4 Å². The molecule has 2 atom stereocenters. The van der Waals surface area contributed by atoms with Crippen molar-refractivity contribution >= 4 is 11.9 Å². The minimum atomic E-state index is -0.436. The number of nitrogens with zero attached hydrogens (tertiary/aromatic N) is 1. The van der Waals surface area contributed by atoms with E-state index in [1.807, 2.05) is 6.92 Å². The number of carbonyl (C=O) groups excluding carboxylic acids is 1. The van der Waals surface area contributed by atoms with Crippen LogP contribution in [0, 0.1) is 5.41 Å². The molecule has 0 aromatic rings. The predicted octanol–water partition coefficient (Wildman–Crippen LogP) is 0.556. The lowest BCUT2D eigenvalue weighted by Crippen LogP contribution is -2.53. The third kappa shape index (κ3) is 1.12. The van der Waals surface area contributed by atoms with Gasteiger partial charge in [-0.25, -0.2) is 4.79 Å². The Labute approximate surface area is 82.9 Å². The fourth-order valence-electron chi connectivity index (χ4n) is 2.27. The number of nitrogens with one attached hydrogen (secondary N) is 2. The van der Waals surface area contributed by atoms with Gasteiger partial charge in [-0.3, -0.25) is 10.7 Å². The Morgan fingerprint density at radius 3 is 2.93 bits per heavy atom. The molecule has 0 saturated carbocycles. The highest BCUT2D eigenvalue weighted by Gasteiger charge is 2.50. The summed E-state index contributed by atoms with van der Waals surface area (Å²) in [4.78, 5) is 13.0. The minimum absolute atomic E-state index is 0.110. The van der Waals surface area contributed by atoms with Crippen LogP contribution in [0.2, 0.25) is 0 Å². The molecule has 78 valence electrons. The molecule has 2 aliphatic heterocycles. The van der Waals surface area contributed by atoms with Gasteiger partial charge in [-0.1, -0.05) is 0 Å². The number of rotatable bonds is 0. The lowest BCUT2D eigenvalue weighted by molar-refractivity contribution is -0.0181. The van der Waals surface area contributed by atoms with Crippen molar-refractivity contribution in [2.24, 2.45) is 0 Å². The number of hydrogen-bond donors (Lipinski definition) is 2. The molecule has 0 bridgehead atoms. The molecular weight excluding hydrogens is 182 g/mol. The van der Waals surface area contributed by atoms with Crippen LogP contribution in [0.25, 0.3) is 0 Å². The summed E-state index contributed by atoms with van der Waals surface area (Å²) < 4.78 is 5.43. The zero-order valence-corrected chi connectivity index (χ0v) is 8.46. The van der Waals surface area contributed by atoms with Crippen molar-refractivity contribution in [2.45, 2.75) is 31.4 Å². The minimum Gasteiger partial charge on any atom is -0.378 e. The molecule has 2 unspecified atom stereocenters. The lowest BCUT2D eigenvalue weighted by Gasteiger charge is -2.40. The van der Waals surface area contributed by atoms with Crippen LogP contribution in [0.1, 0.15) is 19.8 Å². The quantitative estimate of drug-likeness (QED) is 0.595. The molecule has 2 amide bonds. The van der Waals surface area contributed by atoms with Crippen LogP contribution in [-0.4, -0.2) is 42.1 Å². The molecule has 0 radical (unpaired) electrons. The Hall–Kier alpha value is -1.10. The summed E-state index contributed by atoms with van der Waals surface area (Å²) >= 11 is 0. The maximum absolute atomic E-state index is 11.4. The van der Waals surface area contributed by atoms with E-state index in [1.165, 1.54) is 0 Å². The van der Waals surface area contributed by atoms with Crippen LogP contribution in [-0.2, 0) is 4.74 Å². The van der Waals surface area contributed by atoms with Gasteiger partial charge in [0.15, 0.2) is 0 Å². The number of urea groups is 1. The first-order valence-corrected chi connectivity index (χ1v) is 4.82. The van der Waals surface area contributed by atoms with Crippen LogP contribution in [0.5, 0.6) is 0 Å². The third-order valence-corrected chi connectivity index (χ3v) is 3.19. The van der Waals surface area contributed by atoms with E-state index in [0.29, 0.717) is 25.3 Å².